The number of aliphatic imine (C=N–C) groups is 1. The van der Waals surface area contributed by atoms with Crippen LogP contribution in [-0.4, -0.2) is 31.4 Å². The molecule has 0 aromatic heterocycles. The Morgan fingerprint density at radius 2 is 2.12 bits per heavy atom. The molecule has 0 aliphatic carbocycles. The highest BCUT2D eigenvalue weighted by Crippen LogP contribution is 2.30. The van der Waals surface area contributed by atoms with Crippen molar-refractivity contribution in [3.63, 3.8) is 0 Å². The molecule has 2 aromatic rings. The van der Waals surface area contributed by atoms with Crippen molar-refractivity contribution < 1.29 is 13.6 Å². The van der Waals surface area contributed by atoms with Crippen molar-refractivity contribution in [2.24, 2.45) is 10.7 Å². The first kappa shape index (κ1) is 18.0. The predicted octanol–water partition coefficient (Wildman–Crippen LogP) is 2.67. The van der Waals surface area contributed by atoms with Gasteiger partial charge in [0.05, 0.1) is 16.9 Å². The maximum Gasteiger partial charge on any atom is 0.250 e. The highest BCUT2D eigenvalue weighted by Gasteiger charge is 2.28. The maximum atomic E-state index is 14.4. The molecule has 1 aliphatic rings. The summed E-state index contributed by atoms with van der Waals surface area (Å²) in [6.45, 7) is 1.02. The van der Waals surface area contributed by atoms with E-state index in [-0.39, 0.29) is 11.3 Å². The molecule has 5 N–H and O–H groups in total. The van der Waals surface area contributed by atoms with Crippen LogP contribution in [0.4, 0.5) is 20.2 Å². The van der Waals surface area contributed by atoms with Crippen LogP contribution in [0.5, 0.6) is 0 Å². The minimum absolute atomic E-state index is 0.203. The number of rotatable bonds is 4. The van der Waals surface area contributed by atoms with Crippen molar-refractivity contribution in [3.05, 3.63) is 58.9 Å². The van der Waals surface area contributed by atoms with E-state index in [1.54, 1.807) is 24.3 Å². The number of hydrogen-bond acceptors (Lipinski definition) is 4. The number of para-hydroxylation sites is 1. The standard InChI is InChI=1S/C19H20F2N4O/c20-16-6-7-24-10-15(16)13-5-4-12(8-17(13)21)25-9-11-2-1-3-14(18(11)22)19(23)26/h1-5,8-9,15-16,24H,6-7,10,22H2,(H2,23,26). The molecule has 2 atom stereocenters. The second-order valence-corrected chi connectivity index (χ2v) is 6.25. The molecule has 26 heavy (non-hydrogen) atoms. The average Bonchev–Trinajstić information content (AvgIpc) is 2.61. The van der Waals surface area contributed by atoms with Crippen LogP contribution in [0, 0.1) is 5.82 Å². The van der Waals surface area contributed by atoms with Crippen molar-refractivity contribution in [2.45, 2.75) is 18.5 Å². The van der Waals surface area contributed by atoms with Crippen LogP contribution in [0.3, 0.4) is 0 Å². The molecule has 5 nitrogen and oxygen atoms in total. The predicted molar refractivity (Wildman–Crippen MR) is 98.2 cm³/mol. The summed E-state index contributed by atoms with van der Waals surface area (Å²) in [5, 5.41) is 3.08. The number of halogens is 2. The molecule has 0 spiro atoms. The lowest BCUT2D eigenvalue weighted by molar-refractivity contribution is 0.100. The summed E-state index contributed by atoms with van der Waals surface area (Å²) in [6, 6.07) is 9.30. The second kappa shape index (κ2) is 7.61. The topological polar surface area (TPSA) is 93.5 Å². The van der Waals surface area contributed by atoms with E-state index in [0.29, 0.717) is 36.3 Å². The SMILES string of the molecule is NC(=O)c1cccc(C=Nc2ccc(C3CNCCC3F)c(F)c2)c1N. The highest BCUT2D eigenvalue weighted by molar-refractivity contribution is 6.02. The lowest BCUT2D eigenvalue weighted by Gasteiger charge is -2.27. The minimum atomic E-state index is -1.06. The zero-order chi connectivity index (χ0) is 18.7. The molecule has 3 rings (SSSR count). The number of piperidine rings is 1. The molecule has 0 radical (unpaired) electrons. The van der Waals surface area contributed by atoms with Gasteiger partial charge in [-0.25, -0.2) is 8.78 Å². The highest BCUT2D eigenvalue weighted by atomic mass is 19.1. The van der Waals surface area contributed by atoms with Crippen molar-refractivity contribution in [1.82, 2.24) is 5.32 Å². The first-order chi connectivity index (χ1) is 12.5. The van der Waals surface area contributed by atoms with Gasteiger partial charge in [-0.15, -0.1) is 0 Å². The third-order valence-electron chi connectivity index (χ3n) is 4.54. The van der Waals surface area contributed by atoms with Crippen LogP contribution in [0.1, 0.15) is 33.8 Å². The number of hydrogen-bond donors (Lipinski definition) is 3. The number of alkyl halides is 1. The van der Waals surface area contributed by atoms with Gasteiger partial charge < -0.3 is 16.8 Å². The third kappa shape index (κ3) is 3.72. The smallest absolute Gasteiger partial charge is 0.250 e. The quantitative estimate of drug-likeness (QED) is 0.579. The number of primary amides is 1. The number of anilines is 1. The number of nitrogens with zero attached hydrogens (tertiary/aromatic N) is 1. The Morgan fingerprint density at radius 3 is 2.81 bits per heavy atom. The molecular formula is C19H20F2N4O. The Hall–Kier alpha value is -2.80. The normalized spacial score (nSPS) is 20.4. The first-order valence-electron chi connectivity index (χ1n) is 8.34. The number of carbonyl (C=O) groups is 1. The number of nitrogens with two attached hydrogens (primary N) is 2. The molecule has 1 heterocycles. The van der Waals surface area contributed by atoms with Gasteiger partial charge in [-0.05, 0) is 36.7 Å². The summed E-state index contributed by atoms with van der Waals surface area (Å²) < 4.78 is 28.5. The van der Waals surface area contributed by atoms with E-state index in [1.165, 1.54) is 18.3 Å². The lowest BCUT2D eigenvalue weighted by atomic mass is 9.89. The van der Waals surface area contributed by atoms with E-state index >= 15 is 0 Å². The van der Waals surface area contributed by atoms with E-state index in [2.05, 4.69) is 10.3 Å². The van der Waals surface area contributed by atoms with E-state index in [9.17, 15) is 13.6 Å². The molecule has 1 fully saturated rings. The van der Waals surface area contributed by atoms with Gasteiger partial charge in [0.1, 0.15) is 12.0 Å². The number of nitrogens with one attached hydrogen (secondary N) is 1. The summed E-state index contributed by atoms with van der Waals surface area (Å²) in [6.07, 6.45) is 0.756. The Labute approximate surface area is 150 Å². The molecule has 1 aliphatic heterocycles. The van der Waals surface area contributed by atoms with Crippen molar-refractivity contribution in [2.75, 3.05) is 18.8 Å². The average molecular weight is 358 g/mol. The zero-order valence-corrected chi connectivity index (χ0v) is 14.1. The number of nitrogen functional groups attached to an aromatic ring is 1. The Kier molecular flexibility index (Phi) is 5.27. The monoisotopic (exact) mass is 358 g/mol. The fraction of sp³-hybridized carbons (Fsp3) is 0.263. The largest absolute Gasteiger partial charge is 0.398 e. The molecule has 136 valence electrons. The molecule has 1 amide bonds. The van der Waals surface area contributed by atoms with Gasteiger partial charge in [-0.2, -0.15) is 0 Å². The van der Waals surface area contributed by atoms with Crippen LogP contribution < -0.4 is 16.8 Å². The molecule has 0 bridgehead atoms. The van der Waals surface area contributed by atoms with Gasteiger partial charge in [-0.3, -0.25) is 9.79 Å². The van der Waals surface area contributed by atoms with Gasteiger partial charge >= 0.3 is 0 Å². The van der Waals surface area contributed by atoms with Crippen LogP contribution in [0.2, 0.25) is 0 Å². The van der Waals surface area contributed by atoms with E-state index < -0.39 is 23.8 Å². The summed E-state index contributed by atoms with van der Waals surface area (Å²) >= 11 is 0. The molecule has 2 unspecified atom stereocenters. The maximum absolute atomic E-state index is 14.4. The molecule has 0 saturated carbocycles. The summed E-state index contributed by atoms with van der Waals surface area (Å²) in [5.74, 6) is -1.62. The van der Waals surface area contributed by atoms with Gasteiger partial charge in [0.25, 0.3) is 5.91 Å². The molecular weight excluding hydrogens is 338 g/mol. The van der Waals surface area contributed by atoms with Crippen molar-refractivity contribution in [3.8, 4) is 0 Å². The van der Waals surface area contributed by atoms with Gasteiger partial charge in [0, 0.05) is 24.2 Å². The zero-order valence-electron chi connectivity index (χ0n) is 14.1. The van der Waals surface area contributed by atoms with Gasteiger partial charge in [0.15, 0.2) is 0 Å². The van der Waals surface area contributed by atoms with Crippen LogP contribution in [-0.2, 0) is 0 Å². The van der Waals surface area contributed by atoms with Crippen LogP contribution in [0.25, 0.3) is 0 Å². The number of benzene rings is 2. The lowest BCUT2D eigenvalue weighted by Crippen LogP contribution is -2.36. The minimum Gasteiger partial charge on any atom is -0.398 e. The van der Waals surface area contributed by atoms with Crippen molar-refractivity contribution >= 4 is 23.5 Å². The molecule has 2 aromatic carbocycles. The molecule has 7 heteroatoms. The number of amides is 1. The summed E-state index contributed by atoms with van der Waals surface area (Å²) in [4.78, 5) is 15.5. The fourth-order valence-corrected chi connectivity index (χ4v) is 3.08. The summed E-state index contributed by atoms with van der Waals surface area (Å²) in [5.41, 5.74) is 12.8. The molecule has 1 saturated heterocycles. The second-order valence-electron chi connectivity index (χ2n) is 6.25. The van der Waals surface area contributed by atoms with E-state index in [4.69, 9.17) is 11.5 Å². The van der Waals surface area contributed by atoms with E-state index in [0.717, 1.165) is 0 Å². The Balaban J connectivity index is 1.83. The Morgan fingerprint density at radius 1 is 1.31 bits per heavy atom. The Bertz CT molecular complexity index is 853. The van der Waals surface area contributed by atoms with Gasteiger partial charge in [0.2, 0.25) is 0 Å². The first-order valence-corrected chi connectivity index (χ1v) is 8.34. The van der Waals surface area contributed by atoms with Crippen LogP contribution in [0.15, 0.2) is 41.4 Å². The van der Waals surface area contributed by atoms with Crippen molar-refractivity contribution in [1.29, 1.82) is 0 Å². The number of carbonyl (C=O) groups excluding carboxylic acids is 1. The van der Waals surface area contributed by atoms with Gasteiger partial charge in [-0.1, -0.05) is 18.2 Å². The third-order valence-corrected chi connectivity index (χ3v) is 4.54. The fourth-order valence-electron chi connectivity index (χ4n) is 3.08. The van der Waals surface area contributed by atoms with E-state index in [1.807, 2.05) is 0 Å². The summed E-state index contributed by atoms with van der Waals surface area (Å²) in [7, 11) is 0. The van der Waals surface area contributed by atoms with Crippen LogP contribution >= 0.6 is 0 Å².